The smallest absolute Gasteiger partial charge is 0.237 e. The monoisotopic (exact) mass is 342 g/mol. The number of hydrogen-bond donors (Lipinski definition) is 2. The summed E-state index contributed by atoms with van der Waals surface area (Å²) in [6.07, 6.45) is 0. The molecule has 0 fully saturated rings. The molecule has 1 amide bonds. The molecule has 0 saturated carbocycles. The Labute approximate surface area is 136 Å². The van der Waals surface area contributed by atoms with E-state index in [4.69, 9.17) is 11.6 Å². The van der Waals surface area contributed by atoms with Crippen molar-refractivity contribution in [3.63, 3.8) is 0 Å². The summed E-state index contributed by atoms with van der Waals surface area (Å²) in [5, 5.41) is 14.9. The number of carbonyl (C=O) groups is 1. The first-order chi connectivity index (χ1) is 10.1. The highest BCUT2D eigenvalue weighted by atomic mass is 35.5. The molecule has 0 radical (unpaired) electrons. The highest BCUT2D eigenvalue weighted by molar-refractivity contribution is 8.02. The average Bonchev–Trinajstić information content (AvgIpc) is 2.89. The van der Waals surface area contributed by atoms with Crippen molar-refractivity contribution in [3.8, 4) is 0 Å². The van der Waals surface area contributed by atoms with Crippen molar-refractivity contribution in [3.05, 3.63) is 29.3 Å². The third-order valence-electron chi connectivity index (χ3n) is 2.51. The number of para-hydroxylation sites is 1. The molecule has 1 heterocycles. The van der Waals surface area contributed by atoms with Crippen molar-refractivity contribution in [1.82, 2.24) is 10.2 Å². The summed E-state index contributed by atoms with van der Waals surface area (Å²) >= 11 is 8.83. The zero-order valence-electron chi connectivity index (χ0n) is 11.6. The topological polar surface area (TPSA) is 66.9 Å². The van der Waals surface area contributed by atoms with E-state index in [1.54, 1.807) is 12.1 Å². The fourth-order valence-electron chi connectivity index (χ4n) is 1.48. The van der Waals surface area contributed by atoms with Crippen LogP contribution < -0.4 is 10.6 Å². The Bertz CT molecular complexity index is 620. The molecule has 0 bridgehead atoms. The first-order valence-corrected chi connectivity index (χ1v) is 8.47. The van der Waals surface area contributed by atoms with E-state index in [0.29, 0.717) is 10.7 Å². The Morgan fingerprint density at radius 3 is 2.90 bits per heavy atom. The van der Waals surface area contributed by atoms with Crippen LogP contribution in [-0.2, 0) is 4.79 Å². The Morgan fingerprint density at radius 2 is 2.19 bits per heavy atom. The Kier molecular flexibility index (Phi) is 5.84. The minimum Gasteiger partial charge on any atom is -0.360 e. The number of hydrogen-bond acceptors (Lipinski definition) is 6. The second-order valence-corrected chi connectivity index (χ2v) is 7.11. The van der Waals surface area contributed by atoms with E-state index in [2.05, 4.69) is 20.8 Å². The highest BCUT2D eigenvalue weighted by Gasteiger charge is 2.18. The highest BCUT2D eigenvalue weighted by Crippen LogP contribution is 2.30. The molecule has 0 aliphatic carbocycles. The van der Waals surface area contributed by atoms with Gasteiger partial charge < -0.3 is 10.6 Å². The van der Waals surface area contributed by atoms with Gasteiger partial charge in [-0.1, -0.05) is 46.8 Å². The Balaban J connectivity index is 1.94. The molecular formula is C13H15ClN4OS2. The molecule has 1 aromatic carbocycles. The molecule has 2 N–H and O–H groups in total. The van der Waals surface area contributed by atoms with Crippen LogP contribution in [0, 0.1) is 0 Å². The normalized spacial score (nSPS) is 12.0. The summed E-state index contributed by atoms with van der Waals surface area (Å²) in [4.78, 5) is 12.2. The lowest BCUT2D eigenvalue weighted by Gasteiger charge is -2.11. The first-order valence-electron chi connectivity index (χ1n) is 6.39. The van der Waals surface area contributed by atoms with Gasteiger partial charge in [0, 0.05) is 6.54 Å². The van der Waals surface area contributed by atoms with E-state index >= 15 is 0 Å². The number of rotatable bonds is 6. The van der Waals surface area contributed by atoms with E-state index in [1.807, 2.05) is 26.0 Å². The summed E-state index contributed by atoms with van der Waals surface area (Å²) < 4.78 is 0.757. The van der Waals surface area contributed by atoms with Gasteiger partial charge in [0.25, 0.3) is 0 Å². The van der Waals surface area contributed by atoms with Crippen molar-refractivity contribution in [1.29, 1.82) is 0 Å². The average molecular weight is 343 g/mol. The lowest BCUT2D eigenvalue weighted by atomic mass is 10.3. The molecule has 0 aliphatic rings. The molecule has 8 heteroatoms. The van der Waals surface area contributed by atoms with Gasteiger partial charge in [-0.25, -0.2) is 0 Å². The SMILES string of the molecule is CCNc1nnc(S[C@@H](C)C(=O)Nc2ccccc2Cl)s1. The number of carbonyl (C=O) groups excluding carboxylic acids is 1. The van der Waals surface area contributed by atoms with Gasteiger partial charge in [0.15, 0.2) is 4.34 Å². The van der Waals surface area contributed by atoms with Gasteiger partial charge in [0.1, 0.15) is 0 Å². The number of nitrogens with zero attached hydrogens (tertiary/aromatic N) is 2. The van der Waals surface area contributed by atoms with E-state index in [-0.39, 0.29) is 11.2 Å². The Hall–Kier alpha value is -1.31. The molecule has 5 nitrogen and oxygen atoms in total. The lowest BCUT2D eigenvalue weighted by Crippen LogP contribution is -2.22. The van der Waals surface area contributed by atoms with Gasteiger partial charge in [0.05, 0.1) is 16.0 Å². The first kappa shape index (κ1) is 16.1. The van der Waals surface area contributed by atoms with Crippen molar-refractivity contribution >= 4 is 51.4 Å². The third kappa shape index (κ3) is 4.59. The van der Waals surface area contributed by atoms with Crippen LogP contribution in [0.1, 0.15) is 13.8 Å². The van der Waals surface area contributed by atoms with Crippen LogP contribution in [0.15, 0.2) is 28.6 Å². The molecule has 0 saturated heterocycles. The second-order valence-electron chi connectivity index (χ2n) is 4.13. The number of anilines is 2. The molecule has 0 unspecified atom stereocenters. The summed E-state index contributed by atoms with van der Waals surface area (Å²) in [5.74, 6) is -0.117. The second kappa shape index (κ2) is 7.63. The molecular weight excluding hydrogens is 328 g/mol. The van der Waals surface area contributed by atoms with Crippen LogP contribution in [0.25, 0.3) is 0 Å². The summed E-state index contributed by atoms with van der Waals surface area (Å²) in [6.45, 7) is 4.61. The van der Waals surface area contributed by atoms with Crippen LogP contribution >= 0.6 is 34.7 Å². The van der Waals surface area contributed by atoms with Crippen molar-refractivity contribution in [2.45, 2.75) is 23.4 Å². The number of aromatic nitrogens is 2. The maximum absolute atomic E-state index is 12.2. The van der Waals surface area contributed by atoms with E-state index in [0.717, 1.165) is 16.0 Å². The van der Waals surface area contributed by atoms with E-state index in [1.165, 1.54) is 23.1 Å². The van der Waals surface area contributed by atoms with Gasteiger partial charge in [-0.2, -0.15) is 0 Å². The summed E-state index contributed by atoms with van der Waals surface area (Å²) in [6, 6.07) is 7.15. The number of thioether (sulfide) groups is 1. The van der Waals surface area contributed by atoms with Crippen LogP contribution in [0.2, 0.25) is 5.02 Å². The molecule has 1 aromatic heterocycles. The van der Waals surface area contributed by atoms with Crippen LogP contribution in [0.4, 0.5) is 10.8 Å². The van der Waals surface area contributed by atoms with E-state index < -0.39 is 0 Å². The molecule has 21 heavy (non-hydrogen) atoms. The fraction of sp³-hybridized carbons (Fsp3) is 0.308. The maximum atomic E-state index is 12.2. The fourth-order valence-corrected chi connectivity index (χ4v) is 3.63. The number of benzene rings is 1. The molecule has 2 rings (SSSR count). The third-order valence-corrected chi connectivity index (χ3v) is 4.91. The number of halogens is 1. The lowest BCUT2D eigenvalue weighted by molar-refractivity contribution is -0.115. The predicted molar refractivity (Wildman–Crippen MR) is 89.5 cm³/mol. The minimum absolute atomic E-state index is 0.117. The van der Waals surface area contributed by atoms with Crippen LogP contribution in [0.3, 0.4) is 0 Å². The number of amides is 1. The molecule has 112 valence electrons. The minimum atomic E-state index is -0.288. The molecule has 0 spiro atoms. The zero-order chi connectivity index (χ0) is 15.2. The van der Waals surface area contributed by atoms with E-state index in [9.17, 15) is 4.79 Å². The quantitative estimate of drug-likeness (QED) is 0.783. The summed E-state index contributed by atoms with van der Waals surface area (Å²) in [5.41, 5.74) is 0.613. The zero-order valence-corrected chi connectivity index (χ0v) is 14.0. The van der Waals surface area contributed by atoms with Gasteiger partial charge >= 0.3 is 0 Å². The van der Waals surface area contributed by atoms with Crippen molar-refractivity contribution < 1.29 is 4.79 Å². The standard InChI is InChI=1S/C13H15ClN4OS2/c1-3-15-12-17-18-13(21-12)20-8(2)11(19)16-10-7-5-4-6-9(10)14/h4-8H,3H2,1-2H3,(H,15,17)(H,16,19)/t8-/m0/s1. The van der Waals surface area contributed by atoms with Crippen molar-refractivity contribution in [2.75, 3.05) is 17.2 Å². The number of nitrogens with one attached hydrogen (secondary N) is 2. The maximum Gasteiger partial charge on any atom is 0.237 e. The van der Waals surface area contributed by atoms with Crippen molar-refractivity contribution in [2.24, 2.45) is 0 Å². The molecule has 0 aliphatic heterocycles. The van der Waals surface area contributed by atoms with Crippen LogP contribution in [-0.4, -0.2) is 27.9 Å². The Morgan fingerprint density at radius 1 is 1.43 bits per heavy atom. The molecule has 1 atom stereocenters. The largest absolute Gasteiger partial charge is 0.360 e. The van der Waals surface area contributed by atoms with Gasteiger partial charge in [-0.15, -0.1) is 10.2 Å². The van der Waals surface area contributed by atoms with Gasteiger partial charge in [-0.3, -0.25) is 4.79 Å². The van der Waals surface area contributed by atoms with Gasteiger partial charge in [0.2, 0.25) is 11.0 Å². The summed E-state index contributed by atoms with van der Waals surface area (Å²) in [7, 11) is 0. The van der Waals surface area contributed by atoms with Crippen LogP contribution in [0.5, 0.6) is 0 Å². The van der Waals surface area contributed by atoms with Gasteiger partial charge in [-0.05, 0) is 26.0 Å². The predicted octanol–water partition coefficient (Wildman–Crippen LogP) is 3.74. The molecule has 2 aromatic rings.